The van der Waals surface area contributed by atoms with Crippen molar-refractivity contribution in [1.29, 1.82) is 0 Å². The third kappa shape index (κ3) is 3.54. The Bertz CT molecular complexity index is 1080. The molecule has 29 heavy (non-hydrogen) atoms. The molecule has 1 N–H and O–H groups in total. The molecular formula is C18H17F4N5OS. The molecule has 0 radical (unpaired) electrons. The van der Waals surface area contributed by atoms with Crippen molar-refractivity contribution in [2.24, 2.45) is 0 Å². The van der Waals surface area contributed by atoms with E-state index in [1.807, 2.05) is 6.92 Å². The Morgan fingerprint density at radius 2 is 2.03 bits per heavy atom. The number of para-hydroxylation sites is 1. The van der Waals surface area contributed by atoms with E-state index in [1.165, 1.54) is 19.1 Å². The number of amides is 1. The number of piperazine rings is 1. The molecule has 3 aromatic rings. The van der Waals surface area contributed by atoms with E-state index in [2.05, 4.69) is 15.0 Å². The predicted molar refractivity (Wildman–Crippen MR) is 101 cm³/mol. The normalized spacial score (nSPS) is 17.9. The fraction of sp³-hybridized carbons (Fsp3) is 0.389. The van der Waals surface area contributed by atoms with Gasteiger partial charge in [0.15, 0.2) is 11.6 Å². The third-order valence-electron chi connectivity index (χ3n) is 4.86. The minimum Gasteiger partial charge on any atom is -0.358 e. The summed E-state index contributed by atoms with van der Waals surface area (Å²) < 4.78 is 54.1. The first-order valence-corrected chi connectivity index (χ1v) is 9.71. The van der Waals surface area contributed by atoms with E-state index in [4.69, 9.17) is 0 Å². The van der Waals surface area contributed by atoms with Gasteiger partial charge in [0.2, 0.25) is 10.9 Å². The van der Waals surface area contributed by atoms with Gasteiger partial charge in [0.1, 0.15) is 16.2 Å². The molecule has 2 aromatic heterocycles. The fourth-order valence-electron chi connectivity index (χ4n) is 3.52. The topological polar surface area (TPSA) is 65.1 Å². The summed E-state index contributed by atoms with van der Waals surface area (Å²) in [7, 11) is 0. The van der Waals surface area contributed by atoms with Crippen LogP contribution in [0.25, 0.3) is 22.6 Å². The quantitative estimate of drug-likeness (QED) is 0.630. The highest BCUT2D eigenvalue weighted by Crippen LogP contribution is 2.42. The molecule has 154 valence electrons. The maximum Gasteiger partial charge on any atom is 0.443 e. The van der Waals surface area contributed by atoms with Crippen LogP contribution in [0.3, 0.4) is 0 Å². The lowest BCUT2D eigenvalue weighted by atomic mass is 10.2. The summed E-state index contributed by atoms with van der Waals surface area (Å²) in [6.45, 7) is 4.43. The number of aromatic amines is 1. The van der Waals surface area contributed by atoms with Crippen molar-refractivity contribution in [1.82, 2.24) is 19.9 Å². The second kappa shape index (κ2) is 6.97. The number of fused-ring (bicyclic) bond motifs is 1. The molecule has 1 amide bonds. The van der Waals surface area contributed by atoms with Crippen molar-refractivity contribution in [3.63, 3.8) is 0 Å². The number of aromatic nitrogens is 3. The van der Waals surface area contributed by atoms with Crippen molar-refractivity contribution < 1.29 is 22.4 Å². The van der Waals surface area contributed by atoms with Crippen molar-refractivity contribution in [3.05, 3.63) is 29.0 Å². The Labute approximate surface area is 167 Å². The molecule has 0 spiro atoms. The number of thiazole rings is 1. The Kier molecular flexibility index (Phi) is 4.72. The summed E-state index contributed by atoms with van der Waals surface area (Å²) >= 11 is 0.526. The number of nitrogens with one attached hydrogen (secondary N) is 1. The molecule has 1 atom stereocenters. The van der Waals surface area contributed by atoms with Gasteiger partial charge in [0.05, 0.1) is 5.52 Å². The highest BCUT2D eigenvalue weighted by molar-refractivity contribution is 7.16. The minimum absolute atomic E-state index is 0.0291. The van der Waals surface area contributed by atoms with E-state index in [-0.39, 0.29) is 29.0 Å². The fourth-order valence-corrected chi connectivity index (χ4v) is 4.49. The van der Waals surface area contributed by atoms with Crippen LogP contribution in [0.2, 0.25) is 0 Å². The van der Waals surface area contributed by atoms with Crippen LogP contribution in [0.1, 0.15) is 18.9 Å². The highest BCUT2D eigenvalue weighted by Gasteiger charge is 2.38. The lowest BCUT2D eigenvalue weighted by Crippen LogP contribution is -2.53. The van der Waals surface area contributed by atoms with Crippen LogP contribution in [0.4, 0.5) is 22.6 Å². The first-order valence-electron chi connectivity index (χ1n) is 8.90. The zero-order valence-corrected chi connectivity index (χ0v) is 16.4. The van der Waals surface area contributed by atoms with Crippen LogP contribution in [0.5, 0.6) is 0 Å². The van der Waals surface area contributed by atoms with Crippen LogP contribution in [-0.4, -0.2) is 51.4 Å². The maximum absolute atomic E-state index is 14.0. The van der Waals surface area contributed by atoms with Gasteiger partial charge in [-0.3, -0.25) is 4.79 Å². The van der Waals surface area contributed by atoms with E-state index in [1.54, 1.807) is 15.9 Å². The number of hydrogen-bond acceptors (Lipinski definition) is 5. The predicted octanol–water partition coefficient (Wildman–Crippen LogP) is 3.90. The van der Waals surface area contributed by atoms with Gasteiger partial charge in [-0.05, 0) is 19.1 Å². The Morgan fingerprint density at radius 1 is 1.28 bits per heavy atom. The van der Waals surface area contributed by atoms with Crippen LogP contribution in [-0.2, 0) is 11.0 Å². The van der Waals surface area contributed by atoms with Crippen molar-refractivity contribution in [2.45, 2.75) is 26.1 Å². The second-order valence-corrected chi connectivity index (χ2v) is 7.88. The van der Waals surface area contributed by atoms with Crippen molar-refractivity contribution in [2.75, 3.05) is 24.5 Å². The number of carbonyl (C=O) groups is 1. The summed E-state index contributed by atoms with van der Waals surface area (Å²) in [5.41, 5.74) is 0.452. The molecule has 3 heterocycles. The van der Waals surface area contributed by atoms with E-state index in [0.717, 1.165) is 0 Å². The average Bonchev–Trinajstić information content (AvgIpc) is 3.26. The number of alkyl halides is 3. The lowest BCUT2D eigenvalue weighted by Gasteiger charge is -2.40. The van der Waals surface area contributed by atoms with Crippen LogP contribution >= 0.6 is 11.3 Å². The van der Waals surface area contributed by atoms with Gasteiger partial charge in [-0.15, -0.1) is 0 Å². The number of halogens is 4. The summed E-state index contributed by atoms with van der Waals surface area (Å²) in [5, 5.41) is -0.697. The number of benzene rings is 1. The summed E-state index contributed by atoms with van der Waals surface area (Å²) in [5.74, 6) is -0.569. The van der Waals surface area contributed by atoms with Gasteiger partial charge in [0, 0.05) is 32.6 Å². The molecule has 0 aliphatic carbocycles. The summed E-state index contributed by atoms with van der Waals surface area (Å²) in [6, 6.07) is 4.15. The number of anilines is 1. The molecular weight excluding hydrogens is 410 g/mol. The standard InChI is InChI=1S/C18H17F4N5OS/c1-9-8-26(6-7-27(9)10(2)28)16-14(25-17(29-16)18(20,21)22)15-23-12-5-3-4-11(19)13(12)24-15/h3-5,9H,6-8H2,1-2H3,(H,23,24)/t9-/m1/s1. The largest absolute Gasteiger partial charge is 0.443 e. The summed E-state index contributed by atoms with van der Waals surface area (Å²) in [6.07, 6.45) is -4.61. The molecule has 1 saturated heterocycles. The second-order valence-electron chi connectivity index (χ2n) is 6.90. The van der Waals surface area contributed by atoms with Gasteiger partial charge in [0.25, 0.3) is 0 Å². The number of imidazole rings is 1. The Morgan fingerprint density at radius 3 is 2.66 bits per heavy atom. The molecule has 0 bridgehead atoms. The first-order chi connectivity index (χ1) is 13.6. The molecule has 0 unspecified atom stereocenters. The van der Waals surface area contributed by atoms with Crippen LogP contribution < -0.4 is 4.90 Å². The van der Waals surface area contributed by atoms with Gasteiger partial charge in [-0.2, -0.15) is 13.2 Å². The number of H-pyrrole nitrogens is 1. The van der Waals surface area contributed by atoms with E-state index >= 15 is 0 Å². The van der Waals surface area contributed by atoms with Gasteiger partial charge in [-0.25, -0.2) is 14.4 Å². The molecule has 6 nitrogen and oxygen atoms in total. The number of nitrogens with zero attached hydrogens (tertiary/aromatic N) is 4. The van der Waals surface area contributed by atoms with Crippen molar-refractivity contribution in [3.8, 4) is 11.5 Å². The Balaban J connectivity index is 1.78. The molecule has 0 saturated carbocycles. The van der Waals surface area contributed by atoms with E-state index < -0.39 is 17.0 Å². The molecule has 1 aliphatic rings. The van der Waals surface area contributed by atoms with Gasteiger partial charge >= 0.3 is 6.18 Å². The molecule has 4 rings (SSSR count). The zero-order valence-electron chi connectivity index (χ0n) is 15.5. The SMILES string of the molecule is CC(=O)N1CCN(c2sc(C(F)(F)F)nc2-c2nc3c(F)cccc3[nH]2)C[C@H]1C. The van der Waals surface area contributed by atoms with E-state index in [9.17, 15) is 22.4 Å². The Hall–Kier alpha value is -2.69. The molecule has 11 heteroatoms. The maximum atomic E-state index is 14.0. The molecule has 1 fully saturated rings. The lowest BCUT2D eigenvalue weighted by molar-refractivity contribution is -0.137. The smallest absolute Gasteiger partial charge is 0.358 e. The van der Waals surface area contributed by atoms with Crippen LogP contribution in [0, 0.1) is 5.82 Å². The monoisotopic (exact) mass is 427 g/mol. The molecule has 1 aliphatic heterocycles. The number of rotatable bonds is 2. The average molecular weight is 427 g/mol. The zero-order chi connectivity index (χ0) is 20.9. The van der Waals surface area contributed by atoms with Crippen LogP contribution in [0.15, 0.2) is 18.2 Å². The molecule has 1 aromatic carbocycles. The number of hydrogen-bond donors (Lipinski definition) is 1. The minimum atomic E-state index is -4.61. The first kappa shape index (κ1) is 19.6. The summed E-state index contributed by atoms with van der Waals surface area (Å²) in [4.78, 5) is 26.0. The van der Waals surface area contributed by atoms with Crippen molar-refractivity contribution >= 4 is 33.3 Å². The highest BCUT2D eigenvalue weighted by atomic mass is 32.1. The van der Waals surface area contributed by atoms with Gasteiger partial charge in [-0.1, -0.05) is 17.4 Å². The van der Waals surface area contributed by atoms with E-state index in [0.29, 0.717) is 41.5 Å². The third-order valence-corrected chi connectivity index (χ3v) is 6.02. The number of carbonyl (C=O) groups excluding carboxylic acids is 1. The van der Waals surface area contributed by atoms with Gasteiger partial charge < -0.3 is 14.8 Å².